The summed E-state index contributed by atoms with van der Waals surface area (Å²) >= 11 is 1.70. The molecule has 2 aromatic heterocycles. The van der Waals surface area contributed by atoms with E-state index in [1.807, 2.05) is 0 Å². The third-order valence-corrected chi connectivity index (χ3v) is 4.69. The Morgan fingerprint density at radius 1 is 1.24 bits per heavy atom. The van der Waals surface area contributed by atoms with Gasteiger partial charge in [0.15, 0.2) is 0 Å². The van der Waals surface area contributed by atoms with Crippen LogP contribution in [0.15, 0.2) is 11.4 Å². The highest BCUT2D eigenvalue weighted by Crippen LogP contribution is 2.28. The van der Waals surface area contributed by atoms with E-state index in [0.29, 0.717) is 0 Å². The van der Waals surface area contributed by atoms with Gasteiger partial charge in [-0.05, 0) is 25.3 Å². The van der Waals surface area contributed by atoms with E-state index in [1.54, 1.807) is 11.3 Å². The summed E-state index contributed by atoms with van der Waals surface area (Å²) in [6, 6.07) is 2.13. The maximum Gasteiger partial charge on any atom is 0.146 e. The Morgan fingerprint density at radius 2 is 2.00 bits per heavy atom. The quantitative estimate of drug-likeness (QED) is 0.848. The summed E-state index contributed by atoms with van der Waals surface area (Å²) in [6.45, 7) is 10.6. The fraction of sp³-hybridized carbons (Fsp3) is 0.600. The van der Waals surface area contributed by atoms with Crippen LogP contribution in [0.4, 0.5) is 5.82 Å². The molecule has 3 heterocycles. The minimum Gasteiger partial charge on any atom is -0.379 e. The Morgan fingerprint density at radius 3 is 2.71 bits per heavy atom. The number of nitrogens with zero attached hydrogens (tertiary/aromatic N) is 4. The Bertz CT molecular complexity index is 590. The number of ether oxygens (including phenoxy) is 1. The molecular formula is C15H22N4OS. The van der Waals surface area contributed by atoms with Crippen molar-refractivity contribution < 1.29 is 4.74 Å². The molecule has 1 fully saturated rings. The molecule has 0 saturated carbocycles. The summed E-state index contributed by atoms with van der Waals surface area (Å²) in [7, 11) is 0. The van der Waals surface area contributed by atoms with Gasteiger partial charge in [0.25, 0.3) is 0 Å². The summed E-state index contributed by atoms with van der Waals surface area (Å²) in [5, 5.41) is 3.28. The van der Waals surface area contributed by atoms with Crippen LogP contribution in [0.3, 0.4) is 0 Å². The zero-order valence-electron chi connectivity index (χ0n) is 12.7. The minimum atomic E-state index is 0.810. The highest BCUT2D eigenvalue weighted by atomic mass is 32.1. The van der Waals surface area contributed by atoms with Gasteiger partial charge >= 0.3 is 0 Å². The van der Waals surface area contributed by atoms with E-state index in [2.05, 4.69) is 35.1 Å². The van der Waals surface area contributed by atoms with Crippen molar-refractivity contribution in [3.05, 3.63) is 17.3 Å². The molecule has 0 bridgehead atoms. The first-order chi connectivity index (χ1) is 10.3. The van der Waals surface area contributed by atoms with Crippen LogP contribution in [-0.2, 0) is 11.3 Å². The van der Waals surface area contributed by atoms with Crippen LogP contribution < -0.4 is 4.90 Å². The lowest BCUT2D eigenvalue weighted by atomic mass is 10.3. The molecule has 0 amide bonds. The van der Waals surface area contributed by atoms with Crippen LogP contribution >= 0.6 is 11.3 Å². The summed E-state index contributed by atoms with van der Waals surface area (Å²) in [6.07, 6.45) is 0. The smallest absolute Gasteiger partial charge is 0.146 e. The fourth-order valence-corrected chi connectivity index (χ4v) is 3.45. The molecule has 1 aliphatic heterocycles. The van der Waals surface area contributed by atoms with Crippen molar-refractivity contribution in [2.75, 3.05) is 44.3 Å². The van der Waals surface area contributed by atoms with Gasteiger partial charge in [-0.25, -0.2) is 9.97 Å². The zero-order valence-corrected chi connectivity index (χ0v) is 13.5. The SMILES string of the molecule is CCN(CC)c1nc(CN2CCOCC2)nc2sccc12. The first-order valence-electron chi connectivity index (χ1n) is 7.61. The second-order valence-electron chi connectivity index (χ2n) is 5.16. The maximum atomic E-state index is 5.40. The topological polar surface area (TPSA) is 41.5 Å². The van der Waals surface area contributed by atoms with Crippen LogP contribution in [0.5, 0.6) is 0 Å². The largest absolute Gasteiger partial charge is 0.379 e. The molecule has 0 spiro atoms. The number of fused-ring (bicyclic) bond motifs is 1. The number of morpholine rings is 1. The number of hydrogen-bond donors (Lipinski definition) is 0. The maximum absolute atomic E-state index is 5.40. The first-order valence-corrected chi connectivity index (χ1v) is 8.49. The average molecular weight is 306 g/mol. The Labute approximate surface area is 129 Å². The third-order valence-electron chi connectivity index (χ3n) is 3.88. The minimum absolute atomic E-state index is 0.810. The summed E-state index contributed by atoms with van der Waals surface area (Å²) in [4.78, 5) is 15.4. The molecule has 1 aliphatic rings. The molecular weight excluding hydrogens is 284 g/mol. The molecule has 0 aromatic carbocycles. The summed E-state index contributed by atoms with van der Waals surface area (Å²) < 4.78 is 5.40. The van der Waals surface area contributed by atoms with Crippen molar-refractivity contribution in [2.24, 2.45) is 0 Å². The van der Waals surface area contributed by atoms with Gasteiger partial charge in [0.1, 0.15) is 16.5 Å². The van der Waals surface area contributed by atoms with Crippen LogP contribution in [0.1, 0.15) is 19.7 Å². The van der Waals surface area contributed by atoms with E-state index in [-0.39, 0.29) is 0 Å². The number of rotatable bonds is 5. The van der Waals surface area contributed by atoms with E-state index in [9.17, 15) is 0 Å². The first kappa shape index (κ1) is 14.7. The summed E-state index contributed by atoms with van der Waals surface area (Å²) in [5.41, 5.74) is 0. The Kier molecular flexibility index (Phi) is 4.67. The van der Waals surface area contributed by atoms with Crippen molar-refractivity contribution in [2.45, 2.75) is 20.4 Å². The molecule has 2 aromatic rings. The van der Waals surface area contributed by atoms with E-state index >= 15 is 0 Å². The second kappa shape index (κ2) is 6.68. The van der Waals surface area contributed by atoms with Crippen LogP contribution in [0, 0.1) is 0 Å². The molecule has 0 radical (unpaired) electrons. The molecule has 1 saturated heterocycles. The number of anilines is 1. The van der Waals surface area contributed by atoms with E-state index in [0.717, 1.165) is 62.4 Å². The molecule has 6 heteroatoms. The lowest BCUT2D eigenvalue weighted by Crippen LogP contribution is -2.36. The normalized spacial score (nSPS) is 16.5. The van der Waals surface area contributed by atoms with Gasteiger partial charge < -0.3 is 9.64 Å². The van der Waals surface area contributed by atoms with E-state index < -0.39 is 0 Å². The van der Waals surface area contributed by atoms with Crippen LogP contribution in [-0.4, -0.2) is 54.3 Å². The van der Waals surface area contributed by atoms with Crippen molar-refractivity contribution in [1.82, 2.24) is 14.9 Å². The van der Waals surface area contributed by atoms with Gasteiger partial charge in [-0.3, -0.25) is 4.90 Å². The molecule has 0 atom stereocenters. The molecule has 114 valence electrons. The van der Waals surface area contributed by atoms with Crippen molar-refractivity contribution in [3.63, 3.8) is 0 Å². The van der Waals surface area contributed by atoms with Crippen molar-refractivity contribution in [1.29, 1.82) is 0 Å². The Hall–Kier alpha value is -1.24. The third kappa shape index (κ3) is 3.17. The lowest BCUT2D eigenvalue weighted by Gasteiger charge is -2.26. The van der Waals surface area contributed by atoms with Gasteiger partial charge in [-0.15, -0.1) is 11.3 Å². The van der Waals surface area contributed by atoms with E-state index in [4.69, 9.17) is 14.7 Å². The monoisotopic (exact) mass is 306 g/mol. The van der Waals surface area contributed by atoms with Gasteiger partial charge in [-0.2, -0.15) is 0 Å². The lowest BCUT2D eigenvalue weighted by molar-refractivity contribution is 0.0331. The molecule has 3 rings (SSSR count). The molecule has 0 N–H and O–H groups in total. The van der Waals surface area contributed by atoms with Crippen LogP contribution in [0.2, 0.25) is 0 Å². The fourth-order valence-electron chi connectivity index (χ4n) is 2.68. The molecule has 5 nitrogen and oxygen atoms in total. The van der Waals surface area contributed by atoms with Crippen molar-refractivity contribution in [3.8, 4) is 0 Å². The highest BCUT2D eigenvalue weighted by Gasteiger charge is 2.16. The predicted molar refractivity (Wildman–Crippen MR) is 87.1 cm³/mol. The predicted octanol–water partition coefficient (Wildman–Crippen LogP) is 2.37. The average Bonchev–Trinajstić information content (AvgIpc) is 2.98. The standard InChI is InChI=1S/C15H22N4OS/c1-3-19(4-2)14-12-5-10-21-15(12)17-13(16-14)11-18-6-8-20-9-7-18/h5,10H,3-4,6-9,11H2,1-2H3. The van der Waals surface area contributed by atoms with Gasteiger partial charge in [0.05, 0.1) is 25.1 Å². The van der Waals surface area contributed by atoms with Gasteiger partial charge in [-0.1, -0.05) is 0 Å². The van der Waals surface area contributed by atoms with Crippen LogP contribution in [0.25, 0.3) is 10.2 Å². The summed E-state index contributed by atoms with van der Waals surface area (Å²) in [5.74, 6) is 2.00. The molecule has 21 heavy (non-hydrogen) atoms. The molecule has 0 aliphatic carbocycles. The van der Waals surface area contributed by atoms with Gasteiger partial charge in [0.2, 0.25) is 0 Å². The second-order valence-corrected chi connectivity index (χ2v) is 6.06. The number of thiophene rings is 1. The molecule has 0 unspecified atom stereocenters. The van der Waals surface area contributed by atoms with E-state index in [1.165, 1.54) is 5.39 Å². The highest BCUT2D eigenvalue weighted by molar-refractivity contribution is 7.16. The zero-order chi connectivity index (χ0) is 14.7. The number of hydrogen-bond acceptors (Lipinski definition) is 6. The van der Waals surface area contributed by atoms with Gasteiger partial charge in [0, 0.05) is 26.2 Å². The number of aromatic nitrogens is 2. The Balaban J connectivity index is 1.91. The van der Waals surface area contributed by atoms with Crippen molar-refractivity contribution >= 4 is 27.4 Å².